The molecule has 2 aliphatic rings. The third-order valence-corrected chi connectivity index (χ3v) is 5.90. The smallest absolute Gasteiger partial charge is 0.175 e. The average Bonchev–Trinajstić information content (AvgIpc) is 2.92. The fourth-order valence-electron chi connectivity index (χ4n) is 3.53. The van der Waals surface area contributed by atoms with Crippen molar-refractivity contribution in [2.75, 3.05) is 19.3 Å². The predicted octanol–water partition coefficient (Wildman–Crippen LogP) is 1.81. The largest absolute Gasteiger partial charge is 0.310 e. The molecule has 0 aliphatic carbocycles. The van der Waals surface area contributed by atoms with Crippen molar-refractivity contribution < 1.29 is 8.42 Å². The van der Waals surface area contributed by atoms with E-state index in [4.69, 9.17) is 0 Å². The molecule has 5 heteroatoms. The first-order valence-electron chi connectivity index (χ1n) is 7.79. The molecule has 0 amide bonds. The second kappa shape index (κ2) is 6.07. The van der Waals surface area contributed by atoms with Crippen LogP contribution >= 0.6 is 0 Å². The van der Waals surface area contributed by atoms with Gasteiger partial charge in [0.25, 0.3) is 0 Å². The monoisotopic (exact) mass is 308 g/mol. The highest BCUT2D eigenvalue weighted by Crippen LogP contribution is 2.27. The highest BCUT2D eigenvalue weighted by Gasteiger charge is 2.31. The Labute approximate surface area is 127 Å². The number of sulfone groups is 1. The zero-order valence-corrected chi connectivity index (χ0v) is 13.4. The number of rotatable bonds is 4. The Bertz CT molecular complexity index is 583. The highest BCUT2D eigenvalue weighted by atomic mass is 32.2. The van der Waals surface area contributed by atoms with Crippen LogP contribution < -0.4 is 5.32 Å². The summed E-state index contributed by atoms with van der Waals surface area (Å²) in [6.45, 7) is 3.32. The zero-order valence-electron chi connectivity index (χ0n) is 12.6. The van der Waals surface area contributed by atoms with Crippen LogP contribution in [0.1, 0.15) is 31.2 Å². The van der Waals surface area contributed by atoms with Gasteiger partial charge in [0.05, 0.1) is 4.90 Å². The molecule has 0 aromatic heterocycles. The van der Waals surface area contributed by atoms with Crippen LogP contribution in [0.4, 0.5) is 0 Å². The molecule has 0 saturated carbocycles. The lowest BCUT2D eigenvalue weighted by Crippen LogP contribution is -2.45. The fraction of sp³-hybridized carbons (Fsp3) is 0.625. The van der Waals surface area contributed by atoms with E-state index in [-0.39, 0.29) is 0 Å². The van der Waals surface area contributed by atoms with Crippen molar-refractivity contribution in [2.45, 2.75) is 49.2 Å². The summed E-state index contributed by atoms with van der Waals surface area (Å²) in [5, 5.41) is 3.63. The molecule has 3 rings (SSSR count). The van der Waals surface area contributed by atoms with Crippen LogP contribution in [0.25, 0.3) is 0 Å². The zero-order chi connectivity index (χ0) is 14.9. The van der Waals surface area contributed by atoms with Crippen LogP contribution in [0.2, 0.25) is 0 Å². The van der Waals surface area contributed by atoms with Crippen molar-refractivity contribution in [3.63, 3.8) is 0 Å². The molecule has 0 radical (unpaired) electrons. The topological polar surface area (TPSA) is 49.4 Å². The van der Waals surface area contributed by atoms with Gasteiger partial charge in [-0.25, -0.2) is 8.42 Å². The summed E-state index contributed by atoms with van der Waals surface area (Å²) in [5.74, 6) is 0. The van der Waals surface area contributed by atoms with Crippen LogP contribution in [0.5, 0.6) is 0 Å². The molecule has 0 spiro atoms. The van der Waals surface area contributed by atoms with E-state index in [0.717, 1.165) is 18.2 Å². The molecule has 1 aromatic carbocycles. The molecule has 2 atom stereocenters. The van der Waals surface area contributed by atoms with Crippen molar-refractivity contribution in [2.24, 2.45) is 0 Å². The summed E-state index contributed by atoms with van der Waals surface area (Å²) >= 11 is 0. The third kappa shape index (κ3) is 3.65. The summed E-state index contributed by atoms with van der Waals surface area (Å²) in [7, 11) is -3.09. The summed E-state index contributed by atoms with van der Waals surface area (Å²) in [5.41, 5.74) is 1.15. The normalized spacial score (nSPS) is 26.7. The molecule has 4 nitrogen and oxygen atoms in total. The summed E-state index contributed by atoms with van der Waals surface area (Å²) < 4.78 is 22.9. The maximum absolute atomic E-state index is 11.4. The van der Waals surface area contributed by atoms with Gasteiger partial charge in [-0.15, -0.1) is 0 Å². The molecule has 0 bridgehead atoms. The van der Waals surface area contributed by atoms with Crippen molar-refractivity contribution >= 4 is 9.84 Å². The van der Waals surface area contributed by atoms with Gasteiger partial charge in [-0.1, -0.05) is 12.1 Å². The molecular weight excluding hydrogens is 284 g/mol. The SMILES string of the molecule is CS(=O)(=O)c1ccc(CNC2CCN3CCCC3C2)cc1. The van der Waals surface area contributed by atoms with Gasteiger partial charge >= 0.3 is 0 Å². The van der Waals surface area contributed by atoms with Crippen molar-refractivity contribution in [3.8, 4) is 0 Å². The Balaban J connectivity index is 1.53. The van der Waals surface area contributed by atoms with E-state index in [1.807, 2.05) is 12.1 Å². The van der Waals surface area contributed by atoms with Gasteiger partial charge in [0.15, 0.2) is 9.84 Å². The van der Waals surface area contributed by atoms with Gasteiger partial charge in [0.1, 0.15) is 0 Å². The molecular formula is C16H24N2O2S. The first-order chi connectivity index (χ1) is 10.0. The quantitative estimate of drug-likeness (QED) is 0.921. The summed E-state index contributed by atoms with van der Waals surface area (Å²) in [4.78, 5) is 3.02. The maximum Gasteiger partial charge on any atom is 0.175 e. The fourth-order valence-corrected chi connectivity index (χ4v) is 4.16. The lowest BCUT2D eigenvalue weighted by atomic mass is 9.97. The summed E-state index contributed by atoms with van der Waals surface area (Å²) in [6, 6.07) is 8.60. The van der Waals surface area contributed by atoms with E-state index in [1.165, 1.54) is 45.0 Å². The molecule has 21 heavy (non-hydrogen) atoms. The van der Waals surface area contributed by atoms with E-state index in [1.54, 1.807) is 12.1 Å². The number of benzene rings is 1. The molecule has 1 aromatic rings. The van der Waals surface area contributed by atoms with Gasteiger partial charge < -0.3 is 10.2 Å². The lowest BCUT2D eigenvalue weighted by Gasteiger charge is -2.35. The first kappa shape index (κ1) is 15.0. The summed E-state index contributed by atoms with van der Waals surface area (Å²) in [6.07, 6.45) is 6.42. The Kier molecular flexibility index (Phi) is 4.33. The minimum atomic E-state index is -3.09. The maximum atomic E-state index is 11.4. The van der Waals surface area contributed by atoms with Crippen LogP contribution in [-0.2, 0) is 16.4 Å². The third-order valence-electron chi connectivity index (χ3n) is 4.77. The second-order valence-electron chi connectivity index (χ2n) is 6.35. The van der Waals surface area contributed by atoms with Crippen molar-refractivity contribution in [1.82, 2.24) is 10.2 Å². The predicted molar refractivity (Wildman–Crippen MR) is 84.0 cm³/mol. The van der Waals surface area contributed by atoms with Gasteiger partial charge in [0.2, 0.25) is 0 Å². The standard InChI is InChI=1S/C16H24N2O2S/c1-21(19,20)16-6-4-13(5-7-16)12-17-14-8-10-18-9-2-3-15(18)11-14/h4-7,14-15,17H,2-3,8-12H2,1H3. The molecule has 2 heterocycles. The minimum absolute atomic E-state index is 0.394. The molecule has 2 aliphatic heterocycles. The first-order valence-corrected chi connectivity index (χ1v) is 9.68. The van der Waals surface area contributed by atoms with Crippen LogP contribution in [0.3, 0.4) is 0 Å². The molecule has 2 fully saturated rings. The van der Waals surface area contributed by atoms with E-state index in [9.17, 15) is 8.42 Å². The molecule has 1 N–H and O–H groups in total. The van der Waals surface area contributed by atoms with Crippen molar-refractivity contribution in [3.05, 3.63) is 29.8 Å². The van der Waals surface area contributed by atoms with Crippen LogP contribution in [0, 0.1) is 0 Å². The number of fused-ring (bicyclic) bond motifs is 1. The molecule has 2 saturated heterocycles. The number of nitrogens with one attached hydrogen (secondary N) is 1. The minimum Gasteiger partial charge on any atom is -0.310 e. The van der Waals surface area contributed by atoms with Gasteiger partial charge in [-0.2, -0.15) is 0 Å². The van der Waals surface area contributed by atoms with Gasteiger partial charge in [-0.05, 0) is 56.5 Å². The Hall–Kier alpha value is -0.910. The van der Waals surface area contributed by atoms with Crippen LogP contribution in [-0.4, -0.2) is 44.7 Å². The van der Waals surface area contributed by atoms with E-state index in [0.29, 0.717) is 10.9 Å². The van der Waals surface area contributed by atoms with E-state index < -0.39 is 9.84 Å². The number of nitrogens with zero attached hydrogens (tertiary/aromatic N) is 1. The van der Waals surface area contributed by atoms with Gasteiger partial charge in [0, 0.05) is 24.9 Å². The number of hydrogen-bond acceptors (Lipinski definition) is 4. The van der Waals surface area contributed by atoms with Gasteiger partial charge in [-0.3, -0.25) is 0 Å². The Morgan fingerprint density at radius 1 is 1.19 bits per heavy atom. The lowest BCUT2D eigenvalue weighted by molar-refractivity contribution is 0.166. The molecule has 2 unspecified atom stereocenters. The van der Waals surface area contributed by atoms with Crippen LogP contribution in [0.15, 0.2) is 29.2 Å². The van der Waals surface area contributed by atoms with E-state index in [2.05, 4.69) is 10.2 Å². The average molecular weight is 308 g/mol. The Morgan fingerprint density at radius 3 is 2.67 bits per heavy atom. The van der Waals surface area contributed by atoms with Crippen molar-refractivity contribution in [1.29, 1.82) is 0 Å². The second-order valence-corrected chi connectivity index (χ2v) is 8.37. The van der Waals surface area contributed by atoms with E-state index >= 15 is 0 Å². The highest BCUT2D eigenvalue weighted by molar-refractivity contribution is 7.90. The molecule has 116 valence electrons. The number of hydrogen-bond donors (Lipinski definition) is 1. The Morgan fingerprint density at radius 2 is 1.95 bits per heavy atom. The number of piperidine rings is 1.